The second kappa shape index (κ2) is 6.73. The first-order valence-corrected chi connectivity index (χ1v) is 8.80. The molecule has 0 radical (unpaired) electrons. The van der Waals surface area contributed by atoms with Crippen LogP contribution in [0.3, 0.4) is 0 Å². The van der Waals surface area contributed by atoms with Crippen LogP contribution in [0.1, 0.15) is 28.8 Å². The van der Waals surface area contributed by atoms with Crippen molar-refractivity contribution < 1.29 is 9.90 Å². The lowest BCUT2D eigenvalue weighted by Crippen LogP contribution is -2.32. The molecule has 1 aromatic heterocycles. The van der Waals surface area contributed by atoms with E-state index in [1.165, 1.54) is 11.1 Å². The third kappa shape index (κ3) is 3.30. The Hall–Kier alpha value is -2.59. The maximum absolute atomic E-state index is 11.1. The van der Waals surface area contributed by atoms with Crippen LogP contribution in [-0.4, -0.2) is 40.6 Å². The van der Waals surface area contributed by atoms with Gasteiger partial charge in [-0.1, -0.05) is 36.4 Å². The number of hydrogen-bond acceptors (Lipinski definition) is 2. The summed E-state index contributed by atoms with van der Waals surface area (Å²) in [6.07, 6.45) is 15.3. The fraction of sp³-hybridized carbons (Fsp3) is 0.286. The Morgan fingerprint density at radius 1 is 1.32 bits per heavy atom. The highest BCUT2D eigenvalue weighted by Gasteiger charge is 2.18. The predicted octanol–water partition coefficient (Wildman–Crippen LogP) is 4.09. The Morgan fingerprint density at radius 2 is 2.24 bits per heavy atom. The monoisotopic (exact) mass is 334 g/mol. The first-order valence-electron chi connectivity index (χ1n) is 8.80. The van der Waals surface area contributed by atoms with Crippen molar-refractivity contribution in [1.82, 2.24) is 9.88 Å². The van der Waals surface area contributed by atoms with E-state index in [0.717, 1.165) is 43.4 Å². The Balaban J connectivity index is 1.49. The van der Waals surface area contributed by atoms with Crippen molar-refractivity contribution in [3.05, 3.63) is 65.9 Å². The molecule has 0 saturated carbocycles. The van der Waals surface area contributed by atoms with Crippen LogP contribution < -0.4 is 0 Å². The molecule has 0 amide bonds. The van der Waals surface area contributed by atoms with E-state index in [1.54, 1.807) is 12.1 Å². The van der Waals surface area contributed by atoms with E-state index in [-0.39, 0.29) is 0 Å². The average molecular weight is 334 g/mol. The molecular weight excluding hydrogens is 312 g/mol. The Labute approximate surface area is 147 Å². The Bertz CT molecular complexity index is 888. The number of aromatic amines is 1. The molecule has 1 aliphatic heterocycles. The molecule has 4 rings (SSSR count). The number of benzene rings is 1. The fourth-order valence-electron chi connectivity index (χ4n) is 3.75. The summed E-state index contributed by atoms with van der Waals surface area (Å²) in [6, 6.07) is 5.30. The summed E-state index contributed by atoms with van der Waals surface area (Å²) in [4.78, 5) is 16.8. The van der Waals surface area contributed by atoms with Crippen molar-refractivity contribution in [3.63, 3.8) is 0 Å². The van der Waals surface area contributed by atoms with Gasteiger partial charge in [-0.25, -0.2) is 4.79 Å². The largest absolute Gasteiger partial charge is 0.478 e. The van der Waals surface area contributed by atoms with Gasteiger partial charge < -0.3 is 10.1 Å². The van der Waals surface area contributed by atoms with Crippen molar-refractivity contribution >= 4 is 22.4 Å². The maximum atomic E-state index is 11.1. The smallest absolute Gasteiger partial charge is 0.335 e. The summed E-state index contributed by atoms with van der Waals surface area (Å²) in [7, 11) is 0. The van der Waals surface area contributed by atoms with Crippen LogP contribution in [-0.2, 0) is 0 Å². The van der Waals surface area contributed by atoms with Gasteiger partial charge in [-0.05, 0) is 36.5 Å². The summed E-state index contributed by atoms with van der Waals surface area (Å²) in [5.41, 5.74) is 3.76. The number of hydrogen-bond donors (Lipinski definition) is 2. The number of aromatic carboxylic acids is 1. The molecule has 1 aliphatic carbocycles. The van der Waals surface area contributed by atoms with Gasteiger partial charge in [0.15, 0.2) is 0 Å². The Morgan fingerprint density at radius 3 is 2.96 bits per heavy atom. The number of rotatable bonds is 4. The number of carboxylic acids is 1. The van der Waals surface area contributed by atoms with Gasteiger partial charge in [0.2, 0.25) is 0 Å². The minimum absolute atomic E-state index is 0.319. The van der Waals surface area contributed by atoms with Gasteiger partial charge in [-0.2, -0.15) is 0 Å². The van der Waals surface area contributed by atoms with Crippen LogP contribution in [0, 0.1) is 5.92 Å². The zero-order valence-corrected chi connectivity index (χ0v) is 14.1. The molecule has 2 aliphatic rings. The van der Waals surface area contributed by atoms with Crippen LogP contribution in [0.4, 0.5) is 0 Å². The lowest BCUT2D eigenvalue weighted by atomic mass is 9.96. The van der Waals surface area contributed by atoms with Gasteiger partial charge in [-0.15, -0.1) is 0 Å². The van der Waals surface area contributed by atoms with E-state index in [1.807, 2.05) is 12.3 Å². The first kappa shape index (κ1) is 15.9. The van der Waals surface area contributed by atoms with Gasteiger partial charge in [0.25, 0.3) is 0 Å². The highest BCUT2D eigenvalue weighted by atomic mass is 16.4. The third-order valence-electron chi connectivity index (χ3n) is 5.13. The number of nitrogens with one attached hydrogen (secondary N) is 1. The lowest BCUT2D eigenvalue weighted by molar-refractivity contribution is 0.0697. The topological polar surface area (TPSA) is 56.3 Å². The van der Waals surface area contributed by atoms with E-state index in [4.69, 9.17) is 5.11 Å². The molecule has 0 fully saturated rings. The summed E-state index contributed by atoms with van der Waals surface area (Å²) >= 11 is 0. The molecule has 0 saturated heterocycles. The molecule has 25 heavy (non-hydrogen) atoms. The van der Waals surface area contributed by atoms with Gasteiger partial charge in [0.05, 0.1) is 5.56 Å². The number of carboxylic acid groups (broad SMARTS) is 1. The van der Waals surface area contributed by atoms with E-state index < -0.39 is 5.97 Å². The normalized spacial score (nSPS) is 20.8. The van der Waals surface area contributed by atoms with Gasteiger partial charge >= 0.3 is 5.97 Å². The molecule has 4 heteroatoms. The predicted molar refractivity (Wildman–Crippen MR) is 101 cm³/mol. The SMILES string of the molecule is O=C(O)c1ccc2c(C3=CCN(CC4C=CC=CC4)CC3)c[nH]c2c1. The number of H-pyrrole nitrogens is 1. The summed E-state index contributed by atoms with van der Waals surface area (Å²) in [6.45, 7) is 3.16. The highest BCUT2D eigenvalue weighted by molar-refractivity contribution is 5.98. The van der Waals surface area contributed by atoms with E-state index in [2.05, 4.69) is 40.3 Å². The van der Waals surface area contributed by atoms with Crippen molar-refractivity contribution in [2.45, 2.75) is 12.8 Å². The highest BCUT2D eigenvalue weighted by Crippen LogP contribution is 2.30. The zero-order chi connectivity index (χ0) is 17.2. The van der Waals surface area contributed by atoms with Crippen LogP contribution >= 0.6 is 0 Å². The summed E-state index contributed by atoms with van der Waals surface area (Å²) in [5, 5.41) is 10.2. The van der Waals surface area contributed by atoms with Crippen molar-refractivity contribution in [2.75, 3.05) is 19.6 Å². The molecule has 0 bridgehead atoms. The molecule has 2 heterocycles. The quantitative estimate of drug-likeness (QED) is 0.885. The van der Waals surface area contributed by atoms with Gasteiger partial charge in [0.1, 0.15) is 0 Å². The molecular formula is C21H22N2O2. The van der Waals surface area contributed by atoms with Crippen molar-refractivity contribution in [3.8, 4) is 0 Å². The summed E-state index contributed by atoms with van der Waals surface area (Å²) < 4.78 is 0. The number of aromatic nitrogens is 1. The third-order valence-corrected chi connectivity index (χ3v) is 5.13. The second-order valence-corrected chi connectivity index (χ2v) is 6.82. The van der Waals surface area contributed by atoms with Crippen molar-refractivity contribution in [1.29, 1.82) is 0 Å². The molecule has 1 aromatic carbocycles. The standard InChI is InChI=1S/C21H22N2O2/c24-21(25)17-6-7-18-19(13-22-20(18)12-17)16-8-10-23(11-9-16)14-15-4-2-1-3-5-15/h1-4,6-8,12-13,15,22H,5,9-11,14H2,(H,24,25). The minimum Gasteiger partial charge on any atom is -0.478 e. The number of fused-ring (bicyclic) bond motifs is 1. The van der Waals surface area contributed by atoms with Crippen LogP contribution in [0.25, 0.3) is 16.5 Å². The first-order chi connectivity index (χ1) is 12.2. The molecule has 2 N–H and O–H groups in total. The lowest BCUT2D eigenvalue weighted by Gasteiger charge is -2.29. The Kier molecular flexibility index (Phi) is 4.28. The van der Waals surface area contributed by atoms with Crippen LogP contribution in [0.2, 0.25) is 0 Å². The van der Waals surface area contributed by atoms with Crippen LogP contribution in [0.5, 0.6) is 0 Å². The average Bonchev–Trinajstić information content (AvgIpc) is 3.06. The second-order valence-electron chi connectivity index (χ2n) is 6.82. The minimum atomic E-state index is -0.891. The molecule has 4 nitrogen and oxygen atoms in total. The number of allylic oxidation sites excluding steroid dienone is 3. The van der Waals surface area contributed by atoms with E-state index in [9.17, 15) is 4.79 Å². The molecule has 128 valence electrons. The van der Waals surface area contributed by atoms with Gasteiger partial charge in [0, 0.05) is 42.3 Å². The fourth-order valence-corrected chi connectivity index (χ4v) is 3.75. The summed E-state index contributed by atoms with van der Waals surface area (Å²) in [5.74, 6) is -0.264. The van der Waals surface area contributed by atoms with Crippen molar-refractivity contribution in [2.24, 2.45) is 5.92 Å². The molecule has 1 unspecified atom stereocenters. The van der Waals surface area contributed by atoms with Crippen LogP contribution in [0.15, 0.2) is 54.8 Å². The molecule has 1 atom stereocenters. The maximum Gasteiger partial charge on any atom is 0.335 e. The van der Waals surface area contributed by atoms with E-state index >= 15 is 0 Å². The number of nitrogens with zero attached hydrogens (tertiary/aromatic N) is 1. The van der Waals surface area contributed by atoms with E-state index in [0.29, 0.717) is 11.5 Å². The van der Waals surface area contributed by atoms with Gasteiger partial charge in [-0.3, -0.25) is 4.90 Å². The molecule has 2 aromatic rings. The zero-order valence-electron chi connectivity index (χ0n) is 14.1. The molecule has 0 spiro atoms. The number of carbonyl (C=O) groups is 1.